The van der Waals surface area contributed by atoms with Gasteiger partial charge in [0.1, 0.15) is 0 Å². The first-order valence-corrected chi connectivity index (χ1v) is 8.52. The molecule has 0 saturated carbocycles. The van der Waals surface area contributed by atoms with Gasteiger partial charge in [-0.15, -0.1) is 0 Å². The molecule has 0 atom stereocenters. The minimum absolute atomic E-state index is 0.100. The summed E-state index contributed by atoms with van der Waals surface area (Å²) < 4.78 is 10.2. The van der Waals surface area contributed by atoms with Gasteiger partial charge in [-0.2, -0.15) is 5.10 Å². The predicted molar refractivity (Wildman–Crippen MR) is 105 cm³/mol. The third-order valence-electron chi connectivity index (χ3n) is 3.57. The summed E-state index contributed by atoms with van der Waals surface area (Å²) in [6.07, 6.45) is 1.82. The quantitative estimate of drug-likeness (QED) is 0.331. The number of carbonyl (C=O) groups is 3. The molecule has 2 rings (SSSR count). The normalized spacial score (nSPS) is 10.4. The van der Waals surface area contributed by atoms with Gasteiger partial charge in [-0.1, -0.05) is 6.92 Å². The van der Waals surface area contributed by atoms with Gasteiger partial charge in [0, 0.05) is 24.6 Å². The highest BCUT2D eigenvalue weighted by atomic mass is 16.6. The fourth-order valence-electron chi connectivity index (χ4n) is 2.19. The molecular weight excluding hydrogens is 362 g/mol. The van der Waals surface area contributed by atoms with Gasteiger partial charge in [0.05, 0.1) is 13.3 Å². The Bertz CT molecular complexity index is 891. The number of methoxy groups -OCH3 is 1. The Morgan fingerprint density at radius 3 is 2.39 bits per heavy atom. The van der Waals surface area contributed by atoms with Gasteiger partial charge in [0.25, 0.3) is 5.91 Å². The highest BCUT2D eigenvalue weighted by molar-refractivity contribution is 5.96. The van der Waals surface area contributed by atoms with Crippen LogP contribution in [-0.4, -0.2) is 31.1 Å². The molecule has 8 heteroatoms. The maximum Gasteiger partial charge on any atom is 0.308 e. The molecule has 0 aliphatic rings. The van der Waals surface area contributed by atoms with Crippen molar-refractivity contribution in [1.29, 1.82) is 0 Å². The van der Waals surface area contributed by atoms with E-state index < -0.39 is 11.9 Å². The number of hydrogen-bond acceptors (Lipinski definition) is 6. The minimum atomic E-state index is -0.452. The predicted octanol–water partition coefficient (Wildman–Crippen LogP) is 2.73. The summed E-state index contributed by atoms with van der Waals surface area (Å²) in [5.41, 5.74) is 4.08. The van der Waals surface area contributed by atoms with E-state index in [0.717, 1.165) is 0 Å². The molecule has 0 fully saturated rings. The molecule has 0 radical (unpaired) electrons. The minimum Gasteiger partial charge on any atom is -0.493 e. The average molecular weight is 383 g/mol. The fraction of sp³-hybridized carbons (Fsp3) is 0.200. The molecule has 146 valence electrons. The van der Waals surface area contributed by atoms with Crippen molar-refractivity contribution in [2.45, 2.75) is 20.3 Å². The lowest BCUT2D eigenvalue weighted by Gasteiger charge is -2.08. The molecule has 0 spiro atoms. The van der Waals surface area contributed by atoms with Crippen molar-refractivity contribution in [3.05, 3.63) is 53.6 Å². The first-order chi connectivity index (χ1) is 13.4. The number of carbonyl (C=O) groups excluding carboxylic acids is 3. The van der Waals surface area contributed by atoms with Gasteiger partial charge in [-0.25, -0.2) is 5.43 Å². The highest BCUT2D eigenvalue weighted by Gasteiger charge is 2.08. The molecule has 0 aliphatic carbocycles. The van der Waals surface area contributed by atoms with E-state index in [1.165, 1.54) is 20.2 Å². The number of benzene rings is 2. The molecule has 2 aromatic rings. The lowest BCUT2D eigenvalue weighted by molar-refractivity contribution is -0.132. The summed E-state index contributed by atoms with van der Waals surface area (Å²) in [4.78, 5) is 34.5. The Hall–Kier alpha value is -3.68. The molecule has 0 aromatic heterocycles. The van der Waals surface area contributed by atoms with Crippen molar-refractivity contribution in [1.82, 2.24) is 5.43 Å². The number of hydrazone groups is 1. The van der Waals surface area contributed by atoms with Crippen LogP contribution < -0.4 is 20.2 Å². The molecule has 0 aliphatic heterocycles. The zero-order valence-corrected chi connectivity index (χ0v) is 15.8. The topological polar surface area (TPSA) is 106 Å². The number of rotatable bonds is 7. The first kappa shape index (κ1) is 20.6. The Morgan fingerprint density at radius 2 is 1.79 bits per heavy atom. The number of nitrogens with one attached hydrogen (secondary N) is 2. The summed E-state index contributed by atoms with van der Waals surface area (Å²) in [5.74, 6) is -0.279. The molecule has 28 heavy (non-hydrogen) atoms. The van der Waals surface area contributed by atoms with Gasteiger partial charge in [0.2, 0.25) is 5.91 Å². The number of esters is 1. The Balaban J connectivity index is 1.99. The Morgan fingerprint density at radius 1 is 1.07 bits per heavy atom. The molecule has 2 amide bonds. The van der Waals surface area contributed by atoms with Gasteiger partial charge < -0.3 is 14.8 Å². The lowest BCUT2D eigenvalue weighted by Crippen LogP contribution is -2.17. The highest BCUT2D eigenvalue weighted by Crippen LogP contribution is 2.27. The zero-order valence-electron chi connectivity index (χ0n) is 15.8. The van der Waals surface area contributed by atoms with Crippen LogP contribution in [0.4, 0.5) is 5.69 Å². The molecule has 0 saturated heterocycles. The van der Waals surface area contributed by atoms with Crippen LogP contribution >= 0.6 is 0 Å². The average Bonchev–Trinajstić information content (AvgIpc) is 2.68. The first-order valence-electron chi connectivity index (χ1n) is 8.52. The van der Waals surface area contributed by atoms with Crippen LogP contribution in [0.15, 0.2) is 47.6 Å². The van der Waals surface area contributed by atoms with E-state index >= 15 is 0 Å². The fourth-order valence-corrected chi connectivity index (χ4v) is 2.19. The van der Waals surface area contributed by atoms with Crippen LogP contribution in [0.3, 0.4) is 0 Å². The number of nitrogens with zero attached hydrogens (tertiary/aromatic N) is 1. The molecule has 2 aromatic carbocycles. The van der Waals surface area contributed by atoms with Crippen molar-refractivity contribution in [3.63, 3.8) is 0 Å². The maximum absolute atomic E-state index is 12.1. The summed E-state index contributed by atoms with van der Waals surface area (Å²) in [7, 11) is 1.46. The zero-order chi connectivity index (χ0) is 20.5. The van der Waals surface area contributed by atoms with Crippen molar-refractivity contribution in [2.75, 3.05) is 12.4 Å². The second-order valence-electron chi connectivity index (χ2n) is 5.68. The van der Waals surface area contributed by atoms with Crippen molar-refractivity contribution < 1.29 is 23.9 Å². The van der Waals surface area contributed by atoms with E-state index in [-0.39, 0.29) is 5.91 Å². The molecule has 8 nitrogen and oxygen atoms in total. The largest absolute Gasteiger partial charge is 0.493 e. The molecule has 0 heterocycles. The van der Waals surface area contributed by atoms with E-state index in [9.17, 15) is 14.4 Å². The summed E-state index contributed by atoms with van der Waals surface area (Å²) in [5, 5.41) is 6.62. The van der Waals surface area contributed by atoms with Crippen LogP contribution in [-0.2, 0) is 9.59 Å². The van der Waals surface area contributed by atoms with Crippen LogP contribution in [0.25, 0.3) is 0 Å². The van der Waals surface area contributed by atoms with E-state index in [1.54, 1.807) is 49.4 Å². The standard InChI is InChI=1S/C20H21N3O5/c1-4-19(25)22-16-8-6-15(7-9-16)20(26)23-21-12-14-5-10-17(28-13(2)24)18(11-14)27-3/h5-12H,4H2,1-3H3,(H,22,25)(H,23,26). The summed E-state index contributed by atoms with van der Waals surface area (Å²) in [6, 6.07) is 11.3. The van der Waals surface area contributed by atoms with Crippen molar-refractivity contribution >= 4 is 29.7 Å². The monoisotopic (exact) mass is 383 g/mol. The van der Waals surface area contributed by atoms with Gasteiger partial charge in [0.15, 0.2) is 11.5 Å². The van der Waals surface area contributed by atoms with E-state index in [0.29, 0.717) is 34.7 Å². The third-order valence-corrected chi connectivity index (χ3v) is 3.57. The number of hydrogen-bond donors (Lipinski definition) is 2. The smallest absolute Gasteiger partial charge is 0.308 e. The Kier molecular flexibility index (Phi) is 7.27. The number of amides is 2. The maximum atomic E-state index is 12.1. The molecular formula is C20H21N3O5. The molecule has 0 bridgehead atoms. The van der Waals surface area contributed by atoms with Gasteiger partial charge >= 0.3 is 5.97 Å². The van der Waals surface area contributed by atoms with E-state index in [4.69, 9.17) is 9.47 Å². The number of ether oxygens (including phenoxy) is 2. The lowest BCUT2D eigenvalue weighted by atomic mass is 10.2. The number of anilines is 1. The second-order valence-corrected chi connectivity index (χ2v) is 5.68. The molecule has 0 unspecified atom stereocenters. The van der Waals surface area contributed by atoms with Gasteiger partial charge in [-0.3, -0.25) is 14.4 Å². The third kappa shape index (κ3) is 5.94. The Labute approximate surface area is 162 Å². The van der Waals surface area contributed by atoms with Crippen LogP contribution in [0.1, 0.15) is 36.2 Å². The molecule has 2 N–H and O–H groups in total. The second kappa shape index (κ2) is 9.86. The summed E-state index contributed by atoms with van der Waals surface area (Å²) in [6.45, 7) is 3.06. The van der Waals surface area contributed by atoms with Crippen LogP contribution in [0, 0.1) is 0 Å². The van der Waals surface area contributed by atoms with Crippen molar-refractivity contribution in [3.8, 4) is 11.5 Å². The van der Waals surface area contributed by atoms with Crippen molar-refractivity contribution in [2.24, 2.45) is 5.10 Å². The summed E-state index contributed by atoms with van der Waals surface area (Å²) >= 11 is 0. The van der Waals surface area contributed by atoms with Crippen LogP contribution in [0.2, 0.25) is 0 Å². The SMILES string of the molecule is CCC(=O)Nc1ccc(C(=O)NN=Cc2ccc(OC(C)=O)c(OC)c2)cc1. The van der Waals surface area contributed by atoms with Gasteiger partial charge in [-0.05, 0) is 48.0 Å². The van der Waals surface area contributed by atoms with E-state index in [1.807, 2.05) is 0 Å². The van der Waals surface area contributed by atoms with Crippen LogP contribution in [0.5, 0.6) is 11.5 Å². The van der Waals surface area contributed by atoms with E-state index in [2.05, 4.69) is 15.8 Å².